The molecule has 0 unspecified atom stereocenters. The SMILES string of the molecule is c1ccc2c(c1)-c1ccccc1C21c2ccccc2-c2ccc(-c3ccc4c5c(cccc35)-c3cc(-c5cccc6c5sc5ccccc56)ccc3O4)cc21. The van der Waals surface area contributed by atoms with E-state index in [9.17, 15) is 0 Å². The molecule has 0 radical (unpaired) electrons. The van der Waals surface area contributed by atoms with Crippen LogP contribution < -0.4 is 4.74 Å². The third-order valence-corrected chi connectivity index (χ3v) is 13.7. The van der Waals surface area contributed by atoms with Gasteiger partial charge in [0.25, 0.3) is 0 Å². The number of hydrogen-bond acceptors (Lipinski definition) is 2. The Morgan fingerprint density at radius 2 is 0.891 bits per heavy atom. The number of benzene rings is 9. The van der Waals surface area contributed by atoms with Gasteiger partial charge < -0.3 is 4.74 Å². The summed E-state index contributed by atoms with van der Waals surface area (Å²) in [6, 6.07) is 67.6. The van der Waals surface area contributed by atoms with Crippen LogP contribution in [0.4, 0.5) is 0 Å². The highest BCUT2D eigenvalue weighted by atomic mass is 32.1. The maximum Gasteiger partial charge on any atom is 0.135 e. The van der Waals surface area contributed by atoms with Crippen LogP contribution in [-0.4, -0.2) is 0 Å². The average Bonchev–Trinajstić information content (AvgIpc) is 3.88. The zero-order chi connectivity index (χ0) is 35.8. The first-order valence-electron chi connectivity index (χ1n) is 19.0. The molecule has 0 fully saturated rings. The van der Waals surface area contributed by atoms with Crippen LogP contribution in [0.3, 0.4) is 0 Å². The van der Waals surface area contributed by atoms with Gasteiger partial charge in [0.15, 0.2) is 0 Å². The van der Waals surface area contributed by atoms with E-state index in [2.05, 4.69) is 182 Å². The van der Waals surface area contributed by atoms with Crippen LogP contribution in [0.5, 0.6) is 11.5 Å². The summed E-state index contributed by atoms with van der Waals surface area (Å²) in [5.74, 6) is 1.81. The van der Waals surface area contributed by atoms with Gasteiger partial charge in [0.2, 0.25) is 0 Å². The molecule has 2 heteroatoms. The summed E-state index contributed by atoms with van der Waals surface area (Å²) < 4.78 is 9.38. The molecule has 0 N–H and O–H groups in total. The first-order valence-corrected chi connectivity index (χ1v) is 19.8. The van der Waals surface area contributed by atoms with E-state index in [1.807, 2.05) is 11.3 Å². The first-order chi connectivity index (χ1) is 27.3. The Hall–Kier alpha value is -6.74. The Morgan fingerprint density at radius 3 is 1.65 bits per heavy atom. The molecular weight excluding hydrogens is 685 g/mol. The zero-order valence-electron chi connectivity index (χ0n) is 29.6. The monoisotopic (exact) mass is 714 g/mol. The molecule has 2 heterocycles. The Morgan fingerprint density at radius 1 is 0.345 bits per heavy atom. The second-order valence-electron chi connectivity index (χ2n) is 15.1. The van der Waals surface area contributed by atoms with Crippen molar-refractivity contribution in [1.82, 2.24) is 0 Å². The van der Waals surface area contributed by atoms with Crippen molar-refractivity contribution in [3.05, 3.63) is 204 Å². The van der Waals surface area contributed by atoms with Crippen LogP contribution in [-0.2, 0) is 5.41 Å². The molecule has 10 aromatic rings. The van der Waals surface area contributed by atoms with E-state index in [4.69, 9.17) is 4.74 Å². The van der Waals surface area contributed by atoms with Gasteiger partial charge in [-0.3, -0.25) is 0 Å². The average molecular weight is 715 g/mol. The van der Waals surface area contributed by atoms with Gasteiger partial charge in [-0.1, -0.05) is 152 Å². The third kappa shape index (κ3) is 3.77. The van der Waals surface area contributed by atoms with Gasteiger partial charge in [0, 0.05) is 31.1 Å². The topological polar surface area (TPSA) is 9.23 Å². The minimum atomic E-state index is -0.378. The van der Waals surface area contributed by atoms with Crippen LogP contribution in [0.2, 0.25) is 0 Å². The summed E-state index contributed by atoms with van der Waals surface area (Å²) in [4.78, 5) is 0. The van der Waals surface area contributed by atoms with E-state index in [1.54, 1.807) is 0 Å². The van der Waals surface area contributed by atoms with Crippen molar-refractivity contribution < 1.29 is 4.74 Å². The molecule has 2 aliphatic carbocycles. The van der Waals surface area contributed by atoms with Gasteiger partial charge in [-0.15, -0.1) is 11.3 Å². The largest absolute Gasteiger partial charge is 0.456 e. The summed E-state index contributed by atoms with van der Waals surface area (Å²) in [6.07, 6.45) is 0. The van der Waals surface area contributed by atoms with Crippen LogP contribution >= 0.6 is 11.3 Å². The Kier molecular flexibility index (Phi) is 5.77. The van der Waals surface area contributed by atoms with Crippen LogP contribution in [0.1, 0.15) is 22.3 Å². The molecule has 3 aliphatic rings. The van der Waals surface area contributed by atoms with E-state index >= 15 is 0 Å². The lowest BCUT2D eigenvalue weighted by atomic mass is 9.70. The van der Waals surface area contributed by atoms with E-state index in [-0.39, 0.29) is 5.41 Å². The van der Waals surface area contributed by atoms with Crippen molar-refractivity contribution in [2.24, 2.45) is 0 Å². The van der Waals surface area contributed by atoms with Gasteiger partial charge in [0.05, 0.1) is 5.41 Å². The number of ether oxygens (including phenoxy) is 1. The maximum atomic E-state index is 6.74. The molecule has 0 saturated heterocycles. The fourth-order valence-electron chi connectivity index (χ4n) is 10.3. The fraction of sp³-hybridized carbons (Fsp3) is 0.0189. The summed E-state index contributed by atoms with van der Waals surface area (Å²) in [5, 5.41) is 5.00. The van der Waals surface area contributed by atoms with Crippen LogP contribution in [0.25, 0.3) is 86.6 Å². The lowest BCUT2D eigenvalue weighted by molar-refractivity contribution is 0.487. The highest BCUT2D eigenvalue weighted by Crippen LogP contribution is 2.63. The van der Waals surface area contributed by atoms with Crippen molar-refractivity contribution in [2.75, 3.05) is 0 Å². The molecule has 0 atom stereocenters. The lowest BCUT2D eigenvalue weighted by Crippen LogP contribution is -2.25. The molecule has 9 aromatic carbocycles. The van der Waals surface area contributed by atoms with E-state index in [0.717, 1.165) is 17.1 Å². The van der Waals surface area contributed by atoms with E-state index < -0.39 is 0 Å². The Bertz CT molecular complexity index is 3240. The van der Waals surface area contributed by atoms with E-state index in [0.29, 0.717) is 0 Å². The van der Waals surface area contributed by atoms with Crippen molar-refractivity contribution in [3.63, 3.8) is 0 Å². The van der Waals surface area contributed by atoms with Crippen molar-refractivity contribution >= 4 is 42.3 Å². The molecule has 254 valence electrons. The molecule has 1 spiro atoms. The van der Waals surface area contributed by atoms with Gasteiger partial charge in [0.1, 0.15) is 11.5 Å². The highest BCUT2D eigenvalue weighted by molar-refractivity contribution is 7.26. The number of hydrogen-bond donors (Lipinski definition) is 0. The molecule has 55 heavy (non-hydrogen) atoms. The summed E-state index contributed by atoms with van der Waals surface area (Å²) in [6.45, 7) is 0. The number of rotatable bonds is 2. The Labute approximate surface area is 322 Å². The predicted octanol–water partition coefficient (Wildman–Crippen LogP) is 14.7. The van der Waals surface area contributed by atoms with Crippen LogP contribution in [0.15, 0.2) is 182 Å². The van der Waals surface area contributed by atoms with Crippen LogP contribution in [0, 0.1) is 0 Å². The third-order valence-electron chi connectivity index (χ3n) is 12.5. The second-order valence-corrected chi connectivity index (χ2v) is 16.1. The minimum absolute atomic E-state index is 0.378. The maximum absolute atomic E-state index is 6.74. The van der Waals surface area contributed by atoms with Crippen molar-refractivity contribution in [3.8, 4) is 67.1 Å². The molecule has 0 saturated carbocycles. The zero-order valence-corrected chi connectivity index (χ0v) is 30.5. The molecule has 1 aromatic heterocycles. The Balaban J connectivity index is 1.01. The summed E-state index contributed by atoms with van der Waals surface area (Å²) in [7, 11) is 0. The summed E-state index contributed by atoms with van der Waals surface area (Å²) in [5.41, 5.74) is 17.6. The molecule has 0 amide bonds. The first kappa shape index (κ1) is 29.7. The van der Waals surface area contributed by atoms with Gasteiger partial charge >= 0.3 is 0 Å². The van der Waals surface area contributed by atoms with Crippen molar-refractivity contribution in [1.29, 1.82) is 0 Å². The number of thiophene rings is 1. The molecule has 1 nitrogen and oxygen atoms in total. The lowest BCUT2D eigenvalue weighted by Gasteiger charge is -2.30. The quantitative estimate of drug-likeness (QED) is 0.173. The highest BCUT2D eigenvalue weighted by Gasteiger charge is 2.51. The molecule has 1 aliphatic heterocycles. The van der Waals surface area contributed by atoms with E-state index in [1.165, 1.54) is 103 Å². The standard InChI is InChI=1S/C53H30OS/c1-5-19-44-35(11-1)36-12-2-6-20-45(36)53(44)46-21-7-3-13-37(46)38-25-23-32(30-47(38)53)33-26-28-49-51-40(33)16-10-17-41(51)43-29-31(24-27-48(43)54-49)34-15-9-18-42-39-14-4-8-22-50(39)55-52(34)42/h1-30H. The summed E-state index contributed by atoms with van der Waals surface area (Å²) >= 11 is 1.88. The fourth-order valence-corrected chi connectivity index (χ4v) is 11.5. The normalized spacial score (nSPS) is 13.7. The minimum Gasteiger partial charge on any atom is -0.456 e. The van der Waals surface area contributed by atoms with Crippen molar-refractivity contribution in [2.45, 2.75) is 5.41 Å². The van der Waals surface area contributed by atoms with Gasteiger partial charge in [-0.2, -0.15) is 0 Å². The van der Waals surface area contributed by atoms with Gasteiger partial charge in [-0.25, -0.2) is 0 Å². The smallest absolute Gasteiger partial charge is 0.135 e. The molecule has 0 bridgehead atoms. The number of fused-ring (bicyclic) bond motifs is 15. The molecule has 13 rings (SSSR count). The van der Waals surface area contributed by atoms with Gasteiger partial charge in [-0.05, 0) is 108 Å². The predicted molar refractivity (Wildman–Crippen MR) is 230 cm³/mol. The second kappa shape index (κ2) is 10.7. The molecular formula is C53H30OS.